The molecule has 0 unspecified atom stereocenters. The van der Waals surface area contributed by atoms with E-state index in [4.69, 9.17) is 4.74 Å². The molecule has 0 spiro atoms. The van der Waals surface area contributed by atoms with Crippen molar-refractivity contribution in [3.63, 3.8) is 0 Å². The average molecular weight is 398 g/mol. The van der Waals surface area contributed by atoms with Gasteiger partial charge in [-0.3, -0.25) is 24.6 Å². The van der Waals surface area contributed by atoms with Crippen LogP contribution in [0, 0.1) is 10.1 Å². The molecule has 0 bridgehead atoms. The first-order valence-corrected chi connectivity index (χ1v) is 8.65. The lowest BCUT2D eigenvalue weighted by Crippen LogP contribution is -2.35. The fourth-order valence-corrected chi connectivity index (χ4v) is 2.99. The van der Waals surface area contributed by atoms with Crippen LogP contribution in [-0.4, -0.2) is 40.8 Å². The third kappa shape index (κ3) is 3.72. The second kappa shape index (κ2) is 7.58. The van der Waals surface area contributed by atoms with E-state index < -0.39 is 16.9 Å². The third-order valence-electron chi connectivity index (χ3n) is 4.34. The summed E-state index contributed by atoms with van der Waals surface area (Å²) in [5.41, 5.74) is 0.869. The van der Waals surface area contributed by atoms with Gasteiger partial charge in [0.05, 0.1) is 34.9 Å². The average Bonchev–Trinajstić information content (AvgIpc) is 2.92. The number of nitrogens with zero attached hydrogens (tertiary/aromatic N) is 2. The molecule has 10 heteroatoms. The summed E-state index contributed by atoms with van der Waals surface area (Å²) in [6.45, 7) is 3.48. The molecule has 2 aromatic carbocycles. The number of urea groups is 1. The van der Waals surface area contributed by atoms with Crippen molar-refractivity contribution in [2.75, 3.05) is 17.7 Å². The van der Waals surface area contributed by atoms with Gasteiger partial charge >= 0.3 is 6.03 Å². The molecule has 1 aliphatic heterocycles. The van der Waals surface area contributed by atoms with E-state index in [0.717, 1.165) is 4.90 Å². The molecule has 0 aromatic heterocycles. The largest absolute Gasteiger partial charge is 0.494 e. The Hall–Kier alpha value is -3.95. The van der Waals surface area contributed by atoms with Crippen LogP contribution in [0.1, 0.15) is 34.6 Å². The predicted molar refractivity (Wildman–Crippen MR) is 104 cm³/mol. The number of imide groups is 1. The molecule has 0 saturated heterocycles. The molecule has 2 aromatic rings. The first kappa shape index (κ1) is 19.8. The van der Waals surface area contributed by atoms with Crippen molar-refractivity contribution >= 4 is 34.9 Å². The Morgan fingerprint density at radius 1 is 1.07 bits per heavy atom. The normalized spacial score (nSPS) is 12.8. The molecule has 1 aliphatic rings. The highest BCUT2D eigenvalue weighted by Crippen LogP contribution is 2.30. The number of hydrogen-bond donors (Lipinski definition) is 2. The molecular weight excluding hydrogens is 380 g/mol. The van der Waals surface area contributed by atoms with E-state index in [1.807, 2.05) is 0 Å². The highest BCUT2D eigenvalue weighted by atomic mass is 16.6. The number of amides is 4. The predicted octanol–water partition coefficient (Wildman–Crippen LogP) is 3.25. The number of methoxy groups -OCH3 is 1. The van der Waals surface area contributed by atoms with Crippen LogP contribution in [0.5, 0.6) is 5.75 Å². The smallest absolute Gasteiger partial charge is 0.323 e. The standard InChI is InChI=1S/C19H18N4O6/c1-10(2)22-17(24)13-6-4-11(8-14(13)18(22)25)20-19(26)21-15-7-5-12(23(27)28)9-16(15)29-3/h4-10H,1-3H3,(H2,20,21,26). The second-order valence-corrected chi connectivity index (χ2v) is 6.56. The lowest BCUT2D eigenvalue weighted by Gasteiger charge is -2.17. The summed E-state index contributed by atoms with van der Waals surface area (Å²) < 4.78 is 5.07. The van der Waals surface area contributed by atoms with Gasteiger partial charge in [0.25, 0.3) is 17.5 Å². The van der Waals surface area contributed by atoms with Gasteiger partial charge in [-0.2, -0.15) is 0 Å². The van der Waals surface area contributed by atoms with Crippen molar-refractivity contribution in [1.29, 1.82) is 0 Å². The minimum Gasteiger partial charge on any atom is -0.494 e. The van der Waals surface area contributed by atoms with E-state index in [0.29, 0.717) is 5.69 Å². The summed E-state index contributed by atoms with van der Waals surface area (Å²) in [6.07, 6.45) is 0. The molecule has 3 rings (SSSR count). The maximum Gasteiger partial charge on any atom is 0.323 e. The van der Waals surface area contributed by atoms with Gasteiger partial charge in [0.15, 0.2) is 0 Å². The van der Waals surface area contributed by atoms with Crippen LogP contribution in [0.3, 0.4) is 0 Å². The number of anilines is 2. The van der Waals surface area contributed by atoms with Crippen LogP contribution in [0.2, 0.25) is 0 Å². The highest BCUT2D eigenvalue weighted by Gasteiger charge is 2.37. The van der Waals surface area contributed by atoms with Crippen molar-refractivity contribution < 1.29 is 24.0 Å². The Kier molecular flexibility index (Phi) is 5.18. The van der Waals surface area contributed by atoms with Crippen LogP contribution in [0.15, 0.2) is 36.4 Å². The second-order valence-electron chi connectivity index (χ2n) is 6.56. The molecule has 0 atom stereocenters. The monoisotopic (exact) mass is 398 g/mol. The molecular formula is C19H18N4O6. The van der Waals surface area contributed by atoms with Gasteiger partial charge in [-0.05, 0) is 38.1 Å². The third-order valence-corrected chi connectivity index (χ3v) is 4.34. The first-order valence-electron chi connectivity index (χ1n) is 8.65. The van der Waals surface area contributed by atoms with Gasteiger partial charge in [0, 0.05) is 17.8 Å². The molecule has 10 nitrogen and oxygen atoms in total. The maximum absolute atomic E-state index is 12.5. The lowest BCUT2D eigenvalue weighted by molar-refractivity contribution is -0.384. The number of nitrogens with one attached hydrogen (secondary N) is 2. The van der Waals surface area contributed by atoms with Crippen molar-refractivity contribution in [2.45, 2.75) is 19.9 Å². The van der Waals surface area contributed by atoms with Crippen LogP contribution in [0.25, 0.3) is 0 Å². The first-order chi connectivity index (χ1) is 13.7. The molecule has 29 heavy (non-hydrogen) atoms. The van der Waals surface area contributed by atoms with Gasteiger partial charge in [0.2, 0.25) is 0 Å². The van der Waals surface area contributed by atoms with Crippen LogP contribution in [0.4, 0.5) is 21.9 Å². The van der Waals surface area contributed by atoms with E-state index in [-0.39, 0.29) is 40.2 Å². The van der Waals surface area contributed by atoms with Crippen molar-refractivity contribution in [3.05, 3.63) is 57.6 Å². The van der Waals surface area contributed by atoms with E-state index in [9.17, 15) is 24.5 Å². The number of carbonyl (C=O) groups is 3. The van der Waals surface area contributed by atoms with Crippen LogP contribution >= 0.6 is 0 Å². The number of ether oxygens (including phenoxy) is 1. The SMILES string of the molecule is COc1cc([N+](=O)[O-])ccc1NC(=O)Nc1ccc2c(c1)C(=O)N(C(C)C)C2=O. The molecule has 0 fully saturated rings. The van der Waals surface area contributed by atoms with Gasteiger partial charge in [0.1, 0.15) is 5.75 Å². The van der Waals surface area contributed by atoms with Gasteiger partial charge in [-0.1, -0.05) is 0 Å². The fraction of sp³-hybridized carbons (Fsp3) is 0.211. The Labute approximate surface area is 165 Å². The summed E-state index contributed by atoms with van der Waals surface area (Å²) in [7, 11) is 1.33. The number of nitro benzene ring substituents is 1. The number of carbonyl (C=O) groups excluding carboxylic acids is 3. The zero-order valence-corrected chi connectivity index (χ0v) is 15.9. The van der Waals surface area contributed by atoms with E-state index in [1.165, 1.54) is 43.5 Å². The quantitative estimate of drug-likeness (QED) is 0.451. The highest BCUT2D eigenvalue weighted by molar-refractivity contribution is 6.22. The summed E-state index contributed by atoms with van der Waals surface area (Å²) in [4.78, 5) is 48.5. The van der Waals surface area contributed by atoms with Crippen LogP contribution < -0.4 is 15.4 Å². The van der Waals surface area contributed by atoms with Crippen molar-refractivity contribution in [1.82, 2.24) is 4.90 Å². The molecule has 2 N–H and O–H groups in total. The molecule has 1 heterocycles. The Bertz CT molecular complexity index is 1030. The Morgan fingerprint density at radius 3 is 2.38 bits per heavy atom. The summed E-state index contributed by atoms with van der Waals surface area (Å²) in [6, 6.07) is 7.28. The van der Waals surface area contributed by atoms with Crippen molar-refractivity contribution in [3.8, 4) is 5.75 Å². The number of hydrogen-bond acceptors (Lipinski definition) is 6. The molecule has 150 valence electrons. The number of benzene rings is 2. The Balaban J connectivity index is 1.77. The van der Waals surface area contributed by atoms with E-state index in [2.05, 4.69) is 10.6 Å². The number of fused-ring (bicyclic) bond motifs is 1. The molecule has 0 aliphatic carbocycles. The van der Waals surface area contributed by atoms with Crippen LogP contribution in [-0.2, 0) is 0 Å². The van der Waals surface area contributed by atoms with E-state index >= 15 is 0 Å². The minimum absolute atomic E-state index is 0.122. The topological polar surface area (TPSA) is 131 Å². The van der Waals surface area contributed by atoms with Gasteiger partial charge in [-0.15, -0.1) is 0 Å². The number of non-ortho nitro benzene ring substituents is 1. The zero-order chi connectivity index (χ0) is 21.3. The number of rotatable bonds is 5. The zero-order valence-electron chi connectivity index (χ0n) is 15.9. The van der Waals surface area contributed by atoms with Crippen molar-refractivity contribution in [2.24, 2.45) is 0 Å². The Morgan fingerprint density at radius 2 is 1.76 bits per heavy atom. The summed E-state index contributed by atoms with van der Waals surface area (Å²) in [5, 5.41) is 15.9. The number of nitro groups is 1. The molecule has 0 saturated carbocycles. The van der Waals surface area contributed by atoms with E-state index in [1.54, 1.807) is 13.8 Å². The van der Waals surface area contributed by atoms with Gasteiger partial charge < -0.3 is 15.4 Å². The molecule has 4 amide bonds. The fourth-order valence-electron chi connectivity index (χ4n) is 2.99. The van der Waals surface area contributed by atoms with Gasteiger partial charge in [-0.25, -0.2) is 4.79 Å². The summed E-state index contributed by atoms with van der Waals surface area (Å²) in [5.74, 6) is -0.663. The summed E-state index contributed by atoms with van der Waals surface area (Å²) >= 11 is 0. The minimum atomic E-state index is -0.644. The lowest BCUT2D eigenvalue weighted by atomic mass is 10.1. The molecule has 0 radical (unpaired) electrons. The maximum atomic E-state index is 12.5.